The molecule has 136 valence electrons. The highest BCUT2D eigenvalue weighted by Crippen LogP contribution is 2.27. The minimum atomic E-state index is 0.190. The maximum absolute atomic E-state index is 12.4. The molecule has 6 heteroatoms. The second-order valence-corrected chi connectivity index (χ2v) is 7.87. The lowest BCUT2D eigenvalue weighted by atomic mass is 9.93. The fourth-order valence-corrected chi connectivity index (χ4v) is 4.12. The lowest BCUT2D eigenvalue weighted by Gasteiger charge is -2.42. The first-order valence-corrected chi connectivity index (χ1v) is 9.79. The van der Waals surface area contributed by atoms with Gasteiger partial charge in [-0.15, -0.1) is 5.10 Å². The highest BCUT2D eigenvalue weighted by atomic mass is 16.2. The van der Waals surface area contributed by atoms with E-state index < -0.39 is 0 Å². The van der Waals surface area contributed by atoms with Crippen molar-refractivity contribution >= 4 is 11.7 Å². The van der Waals surface area contributed by atoms with Crippen LogP contribution in [0.4, 0.5) is 5.82 Å². The molecule has 2 aliphatic heterocycles. The van der Waals surface area contributed by atoms with Crippen LogP contribution in [-0.2, 0) is 4.79 Å². The van der Waals surface area contributed by atoms with Crippen molar-refractivity contribution in [1.82, 2.24) is 20.4 Å². The highest BCUT2D eigenvalue weighted by Gasteiger charge is 2.33. The normalized spacial score (nSPS) is 25.8. The Morgan fingerprint density at radius 1 is 1.08 bits per heavy atom. The number of aromatic nitrogens is 2. The molecule has 3 fully saturated rings. The molecule has 1 aromatic heterocycles. The molecule has 6 nitrogen and oxygen atoms in total. The van der Waals surface area contributed by atoms with Crippen LogP contribution in [0.25, 0.3) is 0 Å². The fraction of sp³-hybridized carbons (Fsp3) is 0.737. The Hall–Kier alpha value is -1.69. The largest absolute Gasteiger partial charge is 0.355 e. The Morgan fingerprint density at radius 2 is 1.88 bits per heavy atom. The van der Waals surface area contributed by atoms with Gasteiger partial charge in [0.2, 0.25) is 5.91 Å². The van der Waals surface area contributed by atoms with E-state index in [0.717, 1.165) is 63.4 Å². The van der Waals surface area contributed by atoms with Crippen molar-refractivity contribution in [2.45, 2.75) is 57.5 Å². The number of carbonyl (C=O) groups excluding carboxylic acids is 1. The van der Waals surface area contributed by atoms with E-state index in [2.05, 4.69) is 31.4 Å². The summed E-state index contributed by atoms with van der Waals surface area (Å²) in [6.07, 6.45) is 6.82. The molecule has 1 aromatic rings. The average Bonchev–Trinajstić information content (AvgIpc) is 3.47. The summed E-state index contributed by atoms with van der Waals surface area (Å²) in [6, 6.07) is 5.18. The number of hydrogen-bond acceptors (Lipinski definition) is 5. The predicted octanol–water partition coefficient (Wildman–Crippen LogP) is 1.74. The number of anilines is 1. The second-order valence-electron chi connectivity index (χ2n) is 7.87. The van der Waals surface area contributed by atoms with Gasteiger partial charge in [0.1, 0.15) is 0 Å². The molecule has 1 N–H and O–H groups in total. The number of aryl methyl sites for hydroxylation is 1. The van der Waals surface area contributed by atoms with Gasteiger partial charge in [-0.05, 0) is 64.1 Å². The minimum absolute atomic E-state index is 0.190. The Bertz CT molecular complexity index is 592. The minimum Gasteiger partial charge on any atom is -0.355 e. The summed E-state index contributed by atoms with van der Waals surface area (Å²) in [6.45, 7) is 6.10. The van der Waals surface area contributed by atoms with Gasteiger partial charge >= 0.3 is 0 Å². The Labute approximate surface area is 150 Å². The van der Waals surface area contributed by atoms with Crippen molar-refractivity contribution in [2.75, 3.05) is 31.1 Å². The molecule has 2 saturated heterocycles. The van der Waals surface area contributed by atoms with Gasteiger partial charge < -0.3 is 10.2 Å². The van der Waals surface area contributed by atoms with Crippen molar-refractivity contribution in [3.8, 4) is 0 Å². The number of nitrogens with one attached hydrogen (secondary N) is 1. The highest BCUT2D eigenvalue weighted by molar-refractivity contribution is 5.79. The second kappa shape index (κ2) is 7.28. The SMILES string of the molecule is Cc1ccc(N2CCC(N3CCC[C@H](C(=O)NC4CC4)C3)CC2)nn1. The van der Waals surface area contributed by atoms with Crippen LogP contribution < -0.4 is 10.2 Å². The summed E-state index contributed by atoms with van der Waals surface area (Å²) in [5.41, 5.74) is 0.961. The van der Waals surface area contributed by atoms with Gasteiger partial charge in [0, 0.05) is 31.7 Å². The predicted molar refractivity (Wildman–Crippen MR) is 97.5 cm³/mol. The molecule has 1 amide bonds. The molecule has 1 atom stereocenters. The summed E-state index contributed by atoms with van der Waals surface area (Å²) >= 11 is 0. The average molecular weight is 343 g/mol. The van der Waals surface area contributed by atoms with Crippen molar-refractivity contribution in [3.63, 3.8) is 0 Å². The van der Waals surface area contributed by atoms with Crippen LogP contribution in [0.5, 0.6) is 0 Å². The third kappa shape index (κ3) is 4.11. The van der Waals surface area contributed by atoms with Crippen molar-refractivity contribution in [1.29, 1.82) is 0 Å². The number of likely N-dealkylation sites (tertiary alicyclic amines) is 1. The van der Waals surface area contributed by atoms with E-state index in [1.54, 1.807) is 0 Å². The quantitative estimate of drug-likeness (QED) is 0.902. The van der Waals surface area contributed by atoms with Gasteiger partial charge in [-0.25, -0.2) is 0 Å². The molecular weight excluding hydrogens is 314 g/mol. The van der Waals surface area contributed by atoms with Crippen LogP contribution >= 0.6 is 0 Å². The van der Waals surface area contributed by atoms with Crippen molar-refractivity contribution in [2.24, 2.45) is 5.92 Å². The lowest BCUT2D eigenvalue weighted by Crippen LogP contribution is -2.51. The fourth-order valence-electron chi connectivity index (χ4n) is 4.12. The van der Waals surface area contributed by atoms with Gasteiger partial charge in [0.25, 0.3) is 0 Å². The number of amides is 1. The molecule has 3 aliphatic rings. The van der Waals surface area contributed by atoms with E-state index in [1.807, 2.05) is 13.0 Å². The summed E-state index contributed by atoms with van der Waals surface area (Å²) in [5, 5.41) is 11.7. The molecule has 0 bridgehead atoms. The number of hydrogen-bond donors (Lipinski definition) is 1. The van der Waals surface area contributed by atoms with E-state index >= 15 is 0 Å². The molecule has 1 saturated carbocycles. The summed E-state index contributed by atoms with van der Waals surface area (Å²) in [4.78, 5) is 17.3. The molecule has 0 radical (unpaired) electrons. The molecule has 25 heavy (non-hydrogen) atoms. The maximum Gasteiger partial charge on any atom is 0.224 e. The third-order valence-corrected chi connectivity index (χ3v) is 5.84. The number of rotatable bonds is 4. The first kappa shape index (κ1) is 16.8. The Morgan fingerprint density at radius 3 is 2.56 bits per heavy atom. The zero-order valence-corrected chi connectivity index (χ0v) is 15.2. The van der Waals surface area contributed by atoms with Gasteiger partial charge in [0.15, 0.2) is 5.82 Å². The third-order valence-electron chi connectivity index (χ3n) is 5.84. The van der Waals surface area contributed by atoms with Crippen LogP contribution in [-0.4, -0.2) is 59.3 Å². The first-order chi connectivity index (χ1) is 12.2. The molecular formula is C19H29N5O. The van der Waals surface area contributed by atoms with Crippen LogP contribution in [0.15, 0.2) is 12.1 Å². The smallest absolute Gasteiger partial charge is 0.224 e. The maximum atomic E-state index is 12.4. The summed E-state index contributed by atoms with van der Waals surface area (Å²) in [7, 11) is 0. The zero-order chi connectivity index (χ0) is 17.2. The molecule has 0 unspecified atom stereocenters. The zero-order valence-electron chi connectivity index (χ0n) is 15.2. The molecule has 0 spiro atoms. The van der Waals surface area contributed by atoms with Gasteiger partial charge in [-0.3, -0.25) is 9.69 Å². The van der Waals surface area contributed by atoms with Crippen LogP contribution in [0.1, 0.15) is 44.2 Å². The van der Waals surface area contributed by atoms with E-state index in [-0.39, 0.29) is 5.92 Å². The van der Waals surface area contributed by atoms with Gasteiger partial charge in [-0.1, -0.05) is 0 Å². The Balaban J connectivity index is 1.29. The van der Waals surface area contributed by atoms with Gasteiger partial charge in [-0.2, -0.15) is 5.10 Å². The first-order valence-electron chi connectivity index (χ1n) is 9.79. The van der Waals surface area contributed by atoms with E-state index in [4.69, 9.17) is 0 Å². The molecule has 3 heterocycles. The van der Waals surface area contributed by atoms with Crippen LogP contribution in [0, 0.1) is 12.8 Å². The van der Waals surface area contributed by atoms with E-state index in [1.165, 1.54) is 12.8 Å². The molecule has 1 aliphatic carbocycles. The van der Waals surface area contributed by atoms with Crippen LogP contribution in [0.2, 0.25) is 0 Å². The standard InChI is InChI=1S/C19H29N5O/c1-14-4-7-18(22-21-14)23-11-8-17(9-12-23)24-10-2-3-15(13-24)19(25)20-16-5-6-16/h4,7,15-17H,2-3,5-6,8-13H2,1H3,(H,20,25)/t15-/m0/s1. The summed E-state index contributed by atoms with van der Waals surface area (Å²) < 4.78 is 0. The molecule has 0 aromatic carbocycles. The lowest BCUT2D eigenvalue weighted by molar-refractivity contribution is -0.127. The van der Waals surface area contributed by atoms with E-state index in [9.17, 15) is 4.79 Å². The summed E-state index contributed by atoms with van der Waals surface area (Å²) in [5.74, 6) is 1.47. The van der Waals surface area contributed by atoms with Crippen molar-refractivity contribution < 1.29 is 4.79 Å². The molecule has 4 rings (SSSR count). The van der Waals surface area contributed by atoms with E-state index in [0.29, 0.717) is 18.0 Å². The van der Waals surface area contributed by atoms with Crippen molar-refractivity contribution in [3.05, 3.63) is 17.8 Å². The number of carbonyl (C=O) groups is 1. The topological polar surface area (TPSA) is 61.4 Å². The monoisotopic (exact) mass is 343 g/mol. The van der Waals surface area contributed by atoms with Gasteiger partial charge in [0.05, 0.1) is 11.6 Å². The van der Waals surface area contributed by atoms with Crippen LogP contribution in [0.3, 0.4) is 0 Å². The Kier molecular flexibility index (Phi) is 4.88. The number of nitrogens with zero attached hydrogens (tertiary/aromatic N) is 4. The number of piperidine rings is 2.